The van der Waals surface area contributed by atoms with Gasteiger partial charge in [0.1, 0.15) is 11.6 Å². The number of amides is 1. The van der Waals surface area contributed by atoms with E-state index in [0.717, 1.165) is 33.8 Å². The number of nitrogens with zero attached hydrogens (tertiary/aromatic N) is 2. The van der Waals surface area contributed by atoms with Gasteiger partial charge in [0.2, 0.25) is 0 Å². The lowest BCUT2D eigenvalue weighted by molar-refractivity contribution is -0.112. The van der Waals surface area contributed by atoms with E-state index in [-0.39, 0.29) is 5.57 Å². The van der Waals surface area contributed by atoms with E-state index in [0.29, 0.717) is 10.7 Å². The van der Waals surface area contributed by atoms with Crippen molar-refractivity contribution in [1.82, 2.24) is 4.57 Å². The maximum Gasteiger partial charge on any atom is 0.266 e. The van der Waals surface area contributed by atoms with E-state index in [1.807, 2.05) is 45.0 Å². The minimum Gasteiger partial charge on any atom is -0.321 e. The molecule has 5 heteroatoms. The van der Waals surface area contributed by atoms with E-state index in [4.69, 9.17) is 11.6 Å². The highest BCUT2D eigenvalue weighted by Crippen LogP contribution is 2.26. The van der Waals surface area contributed by atoms with Crippen LogP contribution in [0, 0.1) is 39.0 Å². The van der Waals surface area contributed by atoms with Gasteiger partial charge in [0.15, 0.2) is 0 Å². The van der Waals surface area contributed by atoms with Crippen molar-refractivity contribution in [3.63, 3.8) is 0 Å². The van der Waals surface area contributed by atoms with E-state index in [1.54, 1.807) is 24.3 Å². The number of aryl methyl sites for hydroxylation is 2. The van der Waals surface area contributed by atoms with Crippen LogP contribution in [0.4, 0.5) is 5.69 Å². The molecule has 3 aromatic rings. The van der Waals surface area contributed by atoms with Gasteiger partial charge < -0.3 is 9.88 Å². The molecule has 1 N–H and O–H groups in total. The van der Waals surface area contributed by atoms with Crippen molar-refractivity contribution < 1.29 is 4.79 Å². The fourth-order valence-corrected chi connectivity index (χ4v) is 3.53. The number of halogens is 1. The van der Waals surface area contributed by atoms with Crippen LogP contribution in [0.25, 0.3) is 11.8 Å². The van der Waals surface area contributed by atoms with Crippen LogP contribution in [0.2, 0.25) is 5.02 Å². The Morgan fingerprint density at radius 3 is 2.52 bits per heavy atom. The lowest BCUT2D eigenvalue weighted by Gasteiger charge is -2.12. The summed E-state index contributed by atoms with van der Waals surface area (Å²) in [5.41, 5.74) is 6.46. The number of carbonyl (C=O) groups excluding carboxylic acids is 1. The molecule has 0 saturated heterocycles. The number of rotatable bonds is 4. The van der Waals surface area contributed by atoms with E-state index in [9.17, 15) is 10.1 Å². The molecule has 1 heterocycles. The van der Waals surface area contributed by atoms with Crippen molar-refractivity contribution >= 4 is 29.3 Å². The Labute approximate surface area is 176 Å². The standard InChI is InChI=1S/C24H22ClN3O/c1-15-8-5-6-11-23(15)28-16(2)12-19(18(28)4)13-20(14-26)24(29)27-22-10-7-9-21(25)17(22)3/h5-13H,1-4H3,(H,27,29)/b20-13-. The summed E-state index contributed by atoms with van der Waals surface area (Å²) in [5, 5.41) is 12.9. The number of aromatic nitrogens is 1. The average molecular weight is 404 g/mol. The zero-order valence-corrected chi connectivity index (χ0v) is 17.6. The highest BCUT2D eigenvalue weighted by atomic mass is 35.5. The van der Waals surface area contributed by atoms with Crippen molar-refractivity contribution in [2.24, 2.45) is 0 Å². The van der Waals surface area contributed by atoms with Gasteiger partial charge in [-0.2, -0.15) is 5.26 Å². The summed E-state index contributed by atoms with van der Waals surface area (Å²) in [7, 11) is 0. The van der Waals surface area contributed by atoms with Gasteiger partial charge in [-0.25, -0.2) is 0 Å². The SMILES string of the molecule is Cc1ccccc1-n1c(C)cc(/C=C(/C#N)C(=O)Nc2cccc(Cl)c2C)c1C. The van der Waals surface area contributed by atoms with E-state index in [1.165, 1.54) is 0 Å². The molecule has 2 aromatic carbocycles. The first-order valence-electron chi connectivity index (χ1n) is 9.26. The molecule has 0 bridgehead atoms. The second-order valence-corrected chi connectivity index (χ2v) is 7.39. The van der Waals surface area contributed by atoms with Crippen molar-refractivity contribution in [2.45, 2.75) is 27.7 Å². The predicted octanol–water partition coefficient (Wildman–Crippen LogP) is 5.91. The fraction of sp³-hybridized carbons (Fsp3) is 0.167. The third kappa shape index (κ3) is 4.11. The molecule has 0 aliphatic rings. The van der Waals surface area contributed by atoms with Crippen molar-refractivity contribution in [3.05, 3.63) is 87.2 Å². The Kier molecular flexibility index (Phi) is 5.91. The summed E-state index contributed by atoms with van der Waals surface area (Å²) in [6, 6.07) is 17.4. The molecular weight excluding hydrogens is 382 g/mol. The molecule has 0 aliphatic heterocycles. The van der Waals surface area contributed by atoms with E-state index >= 15 is 0 Å². The quantitative estimate of drug-likeness (QED) is 0.434. The lowest BCUT2D eigenvalue weighted by Crippen LogP contribution is -2.14. The van der Waals surface area contributed by atoms with Crippen LogP contribution in [0.15, 0.2) is 54.1 Å². The fourth-order valence-electron chi connectivity index (χ4n) is 3.36. The topological polar surface area (TPSA) is 57.8 Å². The average Bonchev–Trinajstić information content (AvgIpc) is 2.97. The van der Waals surface area contributed by atoms with Gasteiger partial charge in [0.25, 0.3) is 5.91 Å². The Bertz CT molecular complexity index is 1170. The number of hydrogen-bond acceptors (Lipinski definition) is 2. The molecule has 0 aliphatic carbocycles. The monoisotopic (exact) mass is 403 g/mol. The van der Waals surface area contributed by atoms with Gasteiger partial charge in [0.05, 0.1) is 0 Å². The summed E-state index contributed by atoms with van der Waals surface area (Å²) in [4.78, 5) is 12.7. The van der Waals surface area contributed by atoms with E-state index < -0.39 is 5.91 Å². The molecule has 0 spiro atoms. The first-order valence-corrected chi connectivity index (χ1v) is 9.64. The zero-order valence-electron chi connectivity index (χ0n) is 16.9. The van der Waals surface area contributed by atoms with Crippen molar-refractivity contribution in [2.75, 3.05) is 5.32 Å². The molecule has 0 saturated carbocycles. The van der Waals surface area contributed by atoms with Crippen LogP contribution in [0.1, 0.15) is 28.1 Å². The summed E-state index contributed by atoms with van der Waals surface area (Å²) in [5.74, 6) is -0.460. The van der Waals surface area contributed by atoms with Crippen LogP contribution in [-0.4, -0.2) is 10.5 Å². The van der Waals surface area contributed by atoms with E-state index in [2.05, 4.69) is 28.9 Å². The largest absolute Gasteiger partial charge is 0.321 e. The highest BCUT2D eigenvalue weighted by molar-refractivity contribution is 6.31. The lowest BCUT2D eigenvalue weighted by atomic mass is 10.1. The molecule has 0 radical (unpaired) electrons. The van der Waals surface area contributed by atoms with Gasteiger partial charge >= 0.3 is 0 Å². The first kappa shape index (κ1) is 20.4. The maximum atomic E-state index is 12.7. The van der Waals surface area contributed by atoms with Gasteiger partial charge in [0, 0.05) is 27.8 Å². The first-order chi connectivity index (χ1) is 13.8. The summed E-state index contributed by atoms with van der Waals surface area (Å²) in [6.45, 7) is 7.88. The van der Waals surface area contributed by atoms with Crippen LogP contribution >= 0.6 is 11.6 Å². The van der Waals surface area contributed by atoms with Gasteiger partial charge in [-0.15, -0.1) is 0 Å². The van der Waals surface area contributed by atoms with Gasteiger partial charge in [-0.1, -0.05) is 35.9 Å². The molecule has 146 valence electrons. The number of benzene rings is 2. The molecule has 4 nitrogen and oxygen atoms in total. The number of nitriles is 1. The summed E-state index contributed by atoms with van der Waals surface area (Å²) < 4.78 is 2.13. The Morgan fingerprint density at radius 1 is 1.10 bits per heavy atom. The molecule has 3 rings (SSSR count). The minimum absolute atomic E-state index is 0.0365. The Morgan fingerprint density at radius 2 is 1.83 bits per heavy atom. The third-order valence-electron chi connectivity index (χ3n) is 5.01. The normalized spacial score (nSPS) is 11.2. The number of para-hydroxylation sites is 1. The van der Waals surface area contributed by atoms with Crippen LogP contribution < -0.4 is 5.32 Å². The number of carbonyl (C=O) groups is 1. The van der Waals surface area contributed by atoms with Gasteiger partial charge in [-0.05, 0) is 74.7 Å². The number of anilines is 1. The predicted molar refractivity (Wildman–Crippen MR) is 118 cm³/mol. The number of hydrogen-bond donors (Lipinski definition) is 1. The second kappa shape index (κ2) is 8.38. The minimum atomic E-state index is -0.460. The number of nitrogens with one attached hydrogen (secondary N) is 1. The Balaban J connectivity index is 1.97. The smallest absolute Gasteiger partial charge is 0.266 e. The summed E-state index contributed by atoms with van der Waals surface area (Å²) in [6.07, 6.45) is 1.63. The molecule has 0 fully saturated rings. The molecule has 0 unspecified atom stereocenters. The molecule has 0 atom stereocenters. The maximum absolute atomic E-state index is 12.7. The van der Waals surface area contributed by atoms with Crippen molar-refractivity contribution in [3.8, 4) is 11.8 Å². The highest BCUT2D eigenvalue weighted by Gasteiger charge is 2.15. The second-order valence-electron chi connectivity index (χ2n) is 6.98. The van der Waals surface area contributed by atoms with Crippen LogP contribution in [-0.2, 0) is 4.79 Å². The van der Waals surface area contributed by atoms with Crippen LogP contribution in [0.3, 0.4) is 0 Å². The Hall–Kier alpha value is -3.29. The molecule has 29 heavy (non-hydrogen) atoms. The molecule has 1 aromatic heterocycles. The molecule has 1 amide bonds. The van der Waals surface area contributed by atoms with Gasteiger partial charge in [-0.3, -0.25) is 4.79 Å². The molecular formula is C24H22ClN3O. The zero-order chi connectivity index (χ0) is 21.1. The third-order valence-corrected chi connectivity index (χ3v) is 5.42. The van der Waals surface area contributed by atoms with Crippen LogP contribution in [0.5, 0.6) is 0 Å². The van der Waals surface area contributed by atoms with Crippen molar-refractivity contribution in [1.29, 1.82) is 5.26 Å². The summed E-state index contributed by atoms with van der Waals surface area (Å²) >= 11 is 6.12.